The Morgan fingerprint density at radius 2 is 2.10 bits per heavy atom. The van der Waals surface area contributed by atoms with Crippen LogP contribution in [-0.4, -0.2) is 16.1 Å². The summed E-state index contributed by atoms with van der Waals surface area (Å²) in [5, 5.41) is 10.9. The average molecular weight is 275 g/mol. The fourth-order valence-electron chi connectivity index (χ4n) is 2.20. The summed E-state index contributed by atoms with van der Waals surface area (Å²) in [4.78, 5) is 12.1. The van der Waals surface area contributed by atoms with Crippen molar-refractivity contribution in [2.75, 3.05) is 5.32 Å². The van der Waals surface area contributed by atoms with E-state index in [0.717, 1.165) is 22.2 Å². The van der Waals surface area contributed by atoms with Crippen molar-refractivity contribution in [3.8, 4) is 12.3 Å². The predicted octanol–water partition coefficient (Wildman–Crippen LogP) is 2.73. The predicted molar refractivity (Wildman–Crippen MR) is 82.8 cm³/mol. The summed E-state index contributed by atoms with van der Waals surface area (Å²) in [6.07, 6.45) is 5.58. The molecule has 0 aliphatic carbocycles. The minimum atomic E-state index is -0.112. The van der Waals surface area contributed by atoms with Gasteiger partial charge < -0.3 is 5.32 Å². The highest BCUT2D eigenvalue weighted by molar-refractivity contribution is 5.95. The number of aromatic nitrogens is 2. The van der Waals surface area contributed by atoms with Gasteiger partial charge in [0, 0.05) is 16.6 Å². The summed E-state index contributed by atoms with van der Waals surface area (Å²) < 4.78 is 0. The van der Waals surface area contributed by atoms with Gasteiger partial charge >= 0.3 is 0 Å². The molecule has 0 saturated carbocycles. The number of rotatable bonds is 3. The van der Waals surface area contributed by atoms with Gasteiger partial charge in [0.25, 0.3) is 0 Å². The maximum Gasteiger partial charge on any atom is 0.230 e. The Morgan fingerprint density at radius 3 is 2.95 bits per heavy atom. The third-order valence-electron chi connectivity index (χ3n) is 3.19. The highest BCUT2D eigenvalue weighted by Gasteiger charge is 2.10. The molecule has 0 fully saturated rings. The zero-order valence-corrected chi connectivity index (χ0v) is 11.3. The highest BCUT2D eigenvalue weighted by Crippen LogP contribution is 2.16. The smallest absolute Gasteiger partial charge is 0.230 e. The number of anilines is 1. The number of carbonyl (C=O) groups excluding carboxylic acids is 1. The second-order valence-corrected chi connectivity index (χ2v) is 4.67. The van der Waals surface area contributed by atoms with E-state index in [2.05, 4.69) is 21.4 Å². The van der Waals surface area contributed by atoms with E-state index in [0.29, 0.717) is 5.69 Å². The van der Waals surface area contributed by atoms with Crippen molar-refractivity contribution in [2.45, 2.75) is 6.42 Å². The van der Waals surface area contributed by atoms with Gasteiger partial charge in [0.15, 0.2) is 0 Å². The quantitative estimate of drug-likeness (QED) is 0.722. The van der Waals surface area contributed by atoms with Crippen LogP contribution in [0.25, 0.3) is 10.9 Å². The molecule has 21 heavy (non-hydrogen) atoms. The van der Waals surface area contributed by atoms with Gasteiger partial charge in [-0.2, -0.15) is 5.10 Å². The zero-order chi connectivity index (χ0) is 14.7. The fourth-order valence-corrected chi connectivity index (χ4v) is 2.20. The molecule has 0 spiro atoms. The van der Waals surface area contributed by atoms with E-state index in [1.807, 2.05) is 42.5 Å². The highest BCUT2D eigenvalue weighted by atomic mass is 16.1. The normalized spacial score (nSPS) is 10.2. The van der Waals surface area contributed by atoms with Gasteiger partial charge in [0.05, 0.1) is 17.6 Å². The summed E-state index contributed by atoms with van der Waals surface area (Å²) >= 11 is 0. The Kier molecular flexibility index (Phi) is 3.40. The molecule has 1 amide bonds. The van der Waals surface area contributed by atoms with E-state index in [4.69, 9.17) is 6.42 Å². The molecule has 0 saturated heterocycles. The van der Waals surface area contributed by atoms with Crippen molar-refractivity contribution in [2.24, 2.45) is 0 Å². The van der Waals surface area contributed by atoms with Crippen LogP contribution in [-0.2, 0) is 11.2 Å². The Balaban J connectivity index is 1.76. The van der Waals surface area contributed by atoms with Crippen LogP contribution < -0.4 is 5.32 Å². The minimum absolute atomic E-state index is 0.112. The zero-order valence-electron chi connectivity index (χ0n) is 11.3. The number of nitrogens with zero attached hydrogens (tertiary/aromatic N) is 1. The Morgan fingerprint density at radius 1 is 1.24 bits per heavy atom. The Hall–Kier alpha value is -3.06. The Bertz CT molecular complexity index is 842. The molecule has 3 rings (SSSR count). The molecule has 102 valence electrons. The first kappa shape index (κ1) is 12.9. The van der Waals surface area contributed by atoms with E-state index in [9.17, 15) is 4.79 Å². The number of fused-ring (bicyclic) bond motifs is 1. The lowest BCUT2D eigenvalue weighted by atomic mass is 10.1. The number of nitrogens with one attached hydrogen (secondary N) is 2. The van der Waals surface area contributed by atoms with E-state index in [-0.39, 0.29) is 12.3 Å². The van der Waals surface area contributed by atoms with E-state index in [1.54, 1.807) is 6.07 Å². The number of hydrogen-bond acceptors (Lipinski definition) is 2. The van der Waals surface area contributed by atoms with Gasteiger partial charge in [0.2, 0.25) is 5.91 Å². The molecule has 2 N–H and O–H groups in total. The van der Waals surface area contributed by atoms with Crippen LogP contribution in [0.5, 0.6) is 0 Å². The van der Waals surface area contributed by atoms with Crippen LogP contribution in [0.2, 0.25) is 0 Å². The number of aromatic amines is 1. The lowest BCUT2D eigenvalue weighted by Gasteiger charge is -2.05. The summed E-state index contributed by atoms with van der Waals surface area (Å²) in [5.41, 5.74) is 3.09. The number of para-hydroxylation sites is 1. The van der Waals surface area contributed by atoms with Gasteiger partial charge in [-0.15, -0.1) is 6.42 Å². The molecular weight excluding hydrogens is 262 g/mol. The van der Waals surface area contributed by atoms with Crippen molar-refractivity contribution in [1.82, 2.24) is 10.2 Å². The van der Waals surface area contributed by atoms with E-state index in [1.165, 1.54) is 0 Å². The molecule has 0 radical (unpaired) electrons. The van der Waals surface area contributed by atoms with Gasteiger partial charge in [0.1, 0.15) is 0 Å². The molecule has 1 heterocycles. The van der Waals surface area contributed by atoms with Crippen LogP contribution in [0.15, 0.2) is 48.5 Å². The van der Waals surface area contributed by atoms with E-state index < -0.39 is 0 Å². The largest absolute Gasteiger partial charge is 0.326 e. The third-order valence-corrected chi connectivity index (χ3v) is 3.19. The first-order valence-corrected chi connectivity index (χ1v) is 6.55. The minimum Gasteiger partial charge on any atom is -0.326 e. The van der Waals surface area contributed by atoms with Crippen molar-refractivity contribution in [3.05, 3.63) is 59.8 Å². The molecular formula is C17H13N3O. The lowest BCUT2D eigenvalue weighted by molar-refractivity contribution is -0.115. The molecule has 0 aliphatic rings. The first-order chi connectivity index (χ1) is 10.3. The fraction of sp³-hybridized carbons (Fsp3) is 0.0588. The number of amides is 1. The maximum absolute atomic E-state index is 12.1. The van der Waals surface area contributed by atoms with Crippen molar-refractivity contribution in [1.29, 1.82) is 0 Å². The molecule has 0 atom stereocenters. The van der Waals surface area contributed by atoms with Crippen molar-refractivity contribution >= 4 is 22.5 Å². The maximum atomic E-state index is 12.1. The standard InChI is InChI=1S/C17H13N3O/c1-2-12-6-5-7-13(10-12)18-17(21)11-16-14-8-3-4-9-15(14)19-20-16/h1,3-10H,11H2,(H,18,21)(H,19,20). The van der Waals surface area contributed by atoms with E-state index >= 15 is 0 Å². The molecule has 0 unspecified atom stereocenters. The molecule has 2 aromatic carbocycles. The number of terminal acetylenes is 1. The van der Waals surface area contributed by atoms with Gasteiger partial charge in [-0.05, 0) is 24.3 Å². The molecule has 1 aromatic heterocycles. The number of hydrogen-bond donors (Lipinski definition) is 2. The van der Waals surface area contributed by atoms with Crippen LogP contribution in [0.3, 0.4) is 0 Å². The molecule has 4 heteroatoms. The second-order valence-electron chi connectivity index (χ2n) is 4.67. The third kappa shape index (κ3) is 2.77. The summed E-state index contributed by atoms with van der Waals surface area (Å²) in [6, 6.07) is 14.9. The van der Waals surface area contributed by atoms with Crippen LogP contribution >= 0.6 is 0 Å². The average Bonchev–Trinajstić information content (AvgIpc) is 2.91. The molecule has 4 nitrogen and oxygen atoms in total. The second kappa shape index (κ2) is 5.51. The van der Waals surface area contributed by atoms with Gasteiger partial charge in [-0.3, -0.25) is 9.89 Å². The molecule has 0 aliphatic heterocycles. The van der Waals surface area contributed by atoms with Crippen LogP contribution in [0, 0.1) is 12.3 Å². The number of carbonyl (C=O) groups is 1. The number of benzene rings is 2. The van der Waals surface area contributed by atoms with Gasteiger partial charge in [-0.25, -0.2) is 0 Å². The van der Waals surface area contributed by atoms with Crippen molar-refractivity contribution in [3.63, 3.8) is 0 Å². The Labute approximate surface area is 122 Å². The van der Waals surface area contributed by atoms with Crippen LogP contribution in [0.4, 0.5) is 5.69 Å². The van der Waals surface area contributed by atoms with Crippen molar-refractivity contribution < 1.29 is 4.79 Å². The van der Waals surface area contributed by atoms with Gasteiger partial charge in [-0.1, -0.05) is 30.2 Å². The first-order valence-electron chi connectivity index (χ1n) is 6.55. The summed E-state index contributed by atoms with van der Waals surface area (Å²) in [6.45, 7) is 0. The summed E-state index contributed by atoms with van der Waals surface area (Å²) in [5.74, 6) is 2.43. The van der Waals surface area contributed by atoms with Crippen LogP contribution in [0.1, 0.15) is 11.3 Å². The monoisotopic (exact) mass is 275 g/mol. The lowest BCUT2D eigenvalue weighted by Crippen LogP contribution is -2.14. The molecule has 3 aromatic rings. The number of H-pyrrole nitrogens is 1. The SMILES string of the molecule is C#Cc1cccc(NC(=O)Cc2[nH]nc3ccccc23)c1. The topological polar surface area (TPSA) is 57.8 Å². The molecule has 0 bridgehead atoms. The summed E-state index contributed by atoms with van der Waals surface area (Å²) in [7, 11) is 0.